The van der Waals surface area contributed by atoms with Crippen molar-refractivity contribution in [2.24, 2.45) is 0 Å². The van der Waals surface area contributed by atoms with Crippen molar-refractivity contribution in [3.63, 3.8) is 0 Å². The molecular weight excluding hydrogens is 420 g/mol. The van der Waals surface area contributed by atoms with Gasteiger partial charge in [0.1, 0.15) is 0 Å². The van der Waals surface area contributed by atoms with E-state index in [1.165, 1.54) is 23.7 Å². The van der Waals surface area contributed by atoms with Crippen LogP contribution in [0.4, 0.5) is 17.3 Å². The van der Waals surface area contributed by atoms with Gasteiger partial charge in [0.15, 0.2) is 5.16 Å². The molecule has 1 saturated heterocycles. The van der Waals surface area contributed by atoms with Crippen molar-refractivity contribution in [2.75, 3.05) is 48.1 Å². The monoisotopic (exact) mass is 450 g/mol. The van der Waals surface area contributed by atoms with Gasteiger partial charge >= 0.3 is 0 Å². The maximum atomic E-state index is 12.6. The molecule has 0 saturated carbocycles. The average Bonchev–Trinajstić information content (AvgIpc) is 3.23. The Morgan fingerprint density at radius 1 is 1.00 bits per heavy atom. The van der Waals surface area contributed by atoms with Crippen molar-refractivity contribution in [1.29, 1.82) is 0 Å². The number of carbonyl (C=O) groups is 1. The van der Waals surface area contributed by atoms with Gasteiger partial charge in [-0.2, -0.15) is 0 Å². The minimum Gasteiger partial charge on any atom is -0.378 e. The highest BCUT2D eigenvalue weighted by atomic mass is 32.2. The van der Waals surface area contributed by atoms with E-state index in [9.17, 15) is 4.79 Å². The number of hydrogen-bond donors (Lipinski definition) is 1. The lowest BCUT2D eigenvalue weighted by Crippen LogP contribution is -2.31. The van der Waals surface area contributed by atoms with Gasteiger partial charge in [0.05, 0.1) is 11.4 Å². The number of nitrogens with one attached hydrogen (secondary N) is 1. The van der Waals surface area contributed by atoms with E-state index in [0.717, 1.165) is 54.1 Å². The smallest absolute Gasteiger partial charge is 0.234 e. The number of carbonyl (C=O) groups excluding carboxylic acids is 1. The number of piperidine rings is 1. The molecule has 1 aliphatic rings. The van der Waals surface area contributed by atoms with Crippen molar-refractivity contribution in [3.8, 4) is 5.69 Å². The number of aryl methyl sites for hydroxylation is 1. The van der Waals surface area contributed by atoms with Crippen LogP contribution >= 0.6 is 11.8 Å². The van der Waals surface area contributed by atoms with Crippen molar-refractivity contribution in [3.05, 3.63) is 54.1 Å². The highest BCUT2D eigenvalue weighted by Gasteiger charge is 2.22. The molecule has 0 radical (unpaired) electrons. The summed E-state index contributed by atoms with van der Waals surface area (Å²) < 4.78 is 2.08. The lowest BCUT2D eigenvalue weighted by atomic mass is 10.1. The zero-order valence-electron chi connectivity index (χ0n) is 18.9. The topological polar surface area (TPSA) is 66.3 Å². The van der Waals surface area contributed by atoms with E-state index in [0.29, 0.717) is 0 Å². The summed E-state index contributed by atoms with van der Waals surface area (Å²) in [4.78, 5) is 16.9. The Bertz CT molecular complexity index is 1040. The molecule has 32 heavy (non-hydrogen) atoms. The van der Waals surface area contributed by atoms with E-state index in [1.54, 1.807) is 0 Å². The molecule has 0 aliphatic carbocycles. The normalized spacial score (nSPS) is 13.8. The number of anilines is 3. The fourth-order valence-corrected chi connectivity index (χ4v) is 4.49. The molecule has 3 aromatic rings. The third-order valence-corrected chi connectivity index (χ3v) is 6.48. The third-order valence-electron chi connectivity index (χ3n) is 5.55. The number of thioether (sulfide) groups is 1. The predicted octanol–water partition coefficient (Wildman–Crippen LogP) is 4.36. The Morgan fingerprint density at radius 2 is 1.69 bits per heavy atom. The first-order valence-corrected chi connectivity index (χ1v) is 12.0. The molecular formula is C24H30N6OS. The van der Waals surface area contributed by atoms with Gasteiger partial charge in [-0.3, -0.25) is 9.36 Å². The van der Waals surface area contributed by atoms with Crippen LogP contribution in [0.2, 0.25) is 0 Å². The Labute approximate surface area is 193 Å². The molecule has 8 heteroatoms. The summed E-state index contributed by atoms with van der Waals surface area (Å²) in [5.74, 6) is 1.06. The van der Waals surface area contributed by atoms with Gasteiger partial charge in [0.2, 0.25) is 11.9 Å². The summed E-state index contributed by atoms with van der Waals surface area (Å²) >= 11 is 1.41. The maximum Gasteiger partial charge on any atom is 0.234 e. The van der Waals surface area contributed by atoms with E-state index in [-0.39, 0.29) is 11.7 Å². The first-order chi connectivity index (χ1) is 15.5. The molecule has 1 N–H and O–H groups in total. The van der Waals surface area contributed by atoms with Gasteiger partial charge in [-0.25, -0.2) is 0 Å². The molecule has 4 rings (SSSR count). The lowest BCUT2D eigenvalue weighted by molar-refractivity contribution is -0.113. The van der Waals surface area contributed by atoms with Gasteiger partial charge < -0.3 is 15.1 Å². The summed E-state index contributed by atoms with van der Waals surface area (Å²) in [6, 6.07) is 16.2. The highest BCUT2D eigenvalue weighted by Crippen LogP contribution is 2.28. The fraction of sp³-hybridized carbons (Fsp3) is 0.375. The predicted molar refractivity (Wildman–Crippen MR) is 132 cm³/mol. The van der Waals surface area contributed by atoms with Crippen molar-refractivity contribution >= 4 is 35.0 Å². The van der Waals surface area contributed by atoms with E-state index >= 15 is 0 Å². The Kier molecular flexibility index (Phi) is 6.99. The van der Waals surface area contributed by atoms with E-state index in [4.69, 9.17) is 0 Å². The van der Waals surface area contributed by atoms with Crippen LogP contribution < -0.4 is 15.1 Å². The Morgan fingerprint density at radius 3 is 2.34 bits per heavy atom. The summed E-state index contributed by atoms with van der Waals surface area (Å²) in [6.07, 6.45) is 3.59. The molecule has 1 amide bonds. The zero-order valence-corrected chi connectivity index (χ0v) is 19.7. The molecule has 7 nitrogen and oxygen atoms in total. The zero-order chi connectivity index (χ0) is 22.5. The van der Waals surface area contributed by atoms with Gasteiger partial charge in [-0.15, -0.1) is 10.2 Å². The molecule has 1 aromatic heterocycles. The molecule has 0 unspecified atom stereocenters. The van der Waals surface area contributed by atoms with Crippen LogP contribution in [-0.2, 0) is 4.79 Å². The van der Waals surface area contributed by atoms with Crippen molar-refractivity contribution < 1.29 is 4.79 Å². The molecule has 2 aromatic carbocycles. The number of hydrogen-bond acceptors (Lipinski definition) is 6. The molecule has 0 atom stereocenters. The molecule has 1 aliphatic heterocycles. The van der Waals surface area contributed by atoms with Crippen LogP contribution in [0.1, 0.15) is 24.8 Å². The first kappa shape index (κ1) is 22.2. The second kappa shape index (κ2) is 10.1. The number of aromatic nitrogens is 3. The van der Waals surface area contributed by atoms with Crippen LogP contribution in [0.5, 0.6) is 0 Å². The SMILES string of the molecule is Cc1ccc(-n2c(SCC(=O)Nc3ccc(N(C)C)cc3)nnc2N2CCCCC2)cc1. The second-order valence-corrected chi connectivity index (χ2v) is 9.22. The molecule has 2 heterocycles. The molecule has 0 bridgehead atoms. The third kappa shape index (κ3) is 5.24. The van der Waals surface area contributed by atoms with E-state index in [1.807, 2.05) is 43.3 Å². The average molecular weight is 451 g/mol. The van der Waals surface area contributed by atoms with E-state index in [2.05, 4.69) is 56.2 Å². The van der Waals surface area contributed by atoms with Gasteiger partial charge in [0.25, 0.3) is 0 Å². The number of amides is 1. The molecule has 1 fully saturated rings. The van der Waals surface area contributed by atoms with Gasteiger partial charge in [-0.05, 0) is 62.6 Å². The largest absolute Gasteiger partial charge is 0.378 e. The van der Waals surface area contributed by atoms with Crippen molar-refractivity contribution in [1.82, 2.24) is 14.8 Å². The maximum absolute atomic E-state index is 12.6. The van der Waals surface area contributed by atoms with Crippen LogP contribution in [0, 0.1) is 6.92 Å². The summed E-state index contributed by atoms with van der Waals surface area (Å²) in [5, 5.41) is 12.7. The van der Waals surface area contributed by atoms with Crippen molar-refractivity contribution in [2.45, 2.75) is 31.3 Å². The minimum atomic E-state index is -0.0643. The molecule has 168 valence electrons. The second-order valence-electron chi connectivity index (χ2n) is 8.28. The number of benzene rings is 2. The lowest BCUT2D eigenvalue weighted by Gasteiger charge is -2.27. The minimum absolute atomic E-state index is 0.0643. The fourth-order valence-electron chi connectivity index (χ4n) is 3.74. The van der Waals surface area contributed by atoms with Gasteiger partial charge in [0, 0.05) is 38.6 Å². The summed E-state index contributed by atoms with van der Waals surface area (Å²) in [6.45, 7) is 4.04. The van der Waals surface area contributed by atoms with Crippen LogP contribution in [0.25, 0.3) is 5.69 Å². The van der Waals surface area contributed by atoms with Crippen LogP contribution in [0.3, 0.4) is 0 Å². The standard InChI is InChI=1S/C24H30N6OS/c1-18-7-11-21(12-8-18)30-23(29-15-5-4-6-16-29)26-27-24(30)32-17-22(31)25-19-9-13-20(14-10-19)28(2)3/h7-14H,4-6,15-17H2,1-3H3,(H,25,31). The Hall–Kier alpha value is -3.00. The number of nitrogens with zero attached hydrogens (tertiary/aromatic N) is 5. The number of rotatable bonds is 7. The van der Waals surface area contributed by atoms with Gasteiger partial charge in [-0.1, -0.05) is 29.5 Å². The summed E-state index contributed by atoms with van der Waals surface area (Å²) in [5.41, 5.74) is 4.10. The van der Waals surface area contributed by atoms with Crippen LogP contribution in [-0.4, -0.2) is 53.6 Å². The van der Waals surface area contributed by atoms with Crippen LogP contribution in [0.15, 0.2) is 53.7 Å². The highest BCUT2D eigenvalue weighted by molar-refractivity contribution is 7.99. The first-order valence-electron chi connectivity index (χ1n) is 11.0. The Balaban J connectivity index is 1.49. The quantitative estimate of drug-likeness (QED) is 0.540. The molecule has 0 spiro atoms. The summed E-state index contributed by atoms with van der Waals surface area (Å²) in [7, 11) is 3.99. The van der Waals surface area contributed by atoms with E-state index < -0.39 is 0 Å².